The fourth-order valence-corrected chi connectivity index (χ4v) is 2.57. The van der Waals surface area contributed by atoms with E-state index in [0.29, 0.717) is 0 Å². The predicted octanol–water partition coefficient (Wildman–Crippen LogP) is 5.19. The van der Waals surface area contributed by atoms with Gasteiger partial charge in [-0.1, -0.05) is 78.9 Å². The van der Waals surface area contributed by atoms with Crippen LogP contribution in [0, 0.1) is 13.3 Å². The second kappa shape index (κ2) is 6.41. The first-order valence-corrected chi connectivity index (χ1v) is 7.35. The molecule has 3 aromatic rings. The Hall–Kier alpha value is -2.34. The van der Waals surface area contributed by atoms with Crippen molar-refractivity contribution in [3.8, 4) is 0 Å². The second-order valence-corrected chi connectivity index (χ2v) is 5.36. The zero-order chi connectivity index (χ0) is 14.5. The Morgan fingerprint density at radius 3 is 2.05 bits per heavy atom. The predicted molar refractivity (Wildman–Crippen MR) is 89.4 cm³/mol. The van der Waals surface area contributed by atoms with Crippen molar-refractivity contribution in [1.29, 1.82) is 0 Å². The van der Waals surface area contributed by atoms with Gasteiger partial charge in [-0.05, 0) is 41.2 Å². The molecule has 0 aliphatic heterocycles. The lowest BCUT2D eigenvalue weighted by atomic mass is 9.94. The maximum atomic E-state index is 2.29. The molecule has 103 valence electrons. The molecule has 21 heavy (non-hydrogen) atoms. The van der Waals surface area contributed by atoms with Crippen LogP contribution in [0.2, 0.25) is 0 Å². The summed E-state index contributed by atoms with van der Waals surface area (Å²) >= 11 is 0. The smallest absolute Gasteiger partial charge is 0.0204 e. The average Bonchev–Trinajstić information content (AvgIpc) is 2.52. The summed E-state index contributed by atoms with van der Waals surface area (Å²) in [6.45, 7) is 2.16. The maximum Gasteiger partial charge on any atom is 0.0204 e. The van der Waals surface area contributed by atoms with Gasteiger partial charge in [0.1, 0.15) is 0 Å². The van der Waals surface area contributed by atoms with Crippen molar-refractivity contribution in [2.45, 2.75) is 13.3 Å². The molecule has 0 aliphatic carbocycles. The Bertz CT molecular complexity index is 711. The quantitative estimate of drug-likeness (QED) is 0.613. The lowest BCUT2D eigenvalue weighted by Crippen LogP contribution is -1.96. The molecule has 0 heteroatoms. The van der Waals surface area contributed by atoms with Crippen molar-refractivity contribution in [3.05, 3.63) is 113 Å². The molecule has 0 unspecified atom stereocenters. The molecule has 0 aromatic heterocycles. The Kier molecular flexibility index (Phi) is 4.16. The van der Waals surface area contributed by atoms with Crippen LogP contribution in [-0.4, -0.2) is 0 Å². The highest BCUT2D eigenvalue weighted by Gasteiger charge is 2.06. The van der Waals surface area contributed by atoms with E-state index in [2.05, 4.69) is 92.2 Å². The molecule has 0 nitrogen and oxygen atoms in total. The number of aryl methyl sites for hydroxylation is 1. The molecule has 0 aliphatic rings. The molecule has 0 fully saturated rings. The molecule has 0 atom stereocenters. The van der Waals surface area contributed by atoms with Gasteiger partial charge in [-0.25, -0.2) is 0 Å². The third-order valence-corrected chi connectivity index (χ3v) is 3.79. The van der Waals surface area contributed by atoms with E-state index in [1.165, 1.54) is 27.8 Å². The molecular weight excluding hydrogens is 252 g/mol. The van der Waals surface area contributed by atoms with Gasteiger partial charge >= 0.3 is 0 Å². The largest absolute Gasteiger partial charge is 0.0622 e. The van der Waals surface area contributed by atoms with Crippen molar-refractivity contribution in [1.82, 2.24) is 0 Å². The maximum absolute atomic E-state index is 2.29. The fourth-order valence-electron chi connectivity index (χ4n) is 2.57. The Morgan fingerprint density at radius 2 is 1.29 bits per heavy atom. The van der Waals surface area contributed by atoms with Gasteiger partial charge in [0.05, 0.1) is 0 Å². The van der Waals surface area contributed by atoms with Gasteiger partial charge in [0, 0.05) is 6.42 Å². The molecular formula is C21H19. The molecule has 0 N–H and O–H groups in total. The molecule has 0 saturated heterocycles. The van der Waals surface area contributed by atoms with Gasteiger partial charge in [0.2, 0.25) is 0 Å². The average molecular weight is 271 g/mol. The minimum atomic E-state index is 0.972. The third-order valence-electron chi connectivity index (χ3n) is 3.79. The minimum Gasteiger partial charge on any atom is -0.0622 e. The summed E-state index contributed by atoms with van der Waals surface area (Å²) in [6, 6.07) is 27.8. The van der Waals surface area contributed by atoms with Crippen LogP contribution in [0.25, 0.3) is 0 Å². The summed E-state index contributed by atoms with van der Waals surface area (Å²) in [5.41, 5.74) is 6.62. The minimum absolute atomic E-state index is 0.972. The SMILES string of the molecule is Cc1ccccc1[CH]c1ccccc1Cc1ccccc1. The first-order valence-electron chi connectivity index (χ1n) is 7.35. The summed E-state index contributed by atoms with van der Waals surface area (Å²) in [5.74, 6) is 0. The second-order valence-electron chi connectivity index (χ2n) is 5.36. The van der Waals surface area contributed by atoms with E-state index in [1.54, 1.807) is 0 Å². The van der Waals surface area contributed by atoms with Gasteiger partial charge in [0.15, 0.2) is 0 Å². The van der Waals surface area contributed by atoms with Crippen molar-refractivity contribution in [3.63, 3.8) is 0 Å². The molecule has 0 spiro atoms. The van der Waals surface area contributed by atoms with Gasteiger partial charge in [-0.2, -0.15) is 0 Å². The molecule has 1 radical (unpaired) electrons. The Labute approximate surface area is 127 Å². The highest BCUT2D eigenvalue weighted by molar-refractivity contribution is 5.46. The standard InChI is InChI=1S/C21H19/c1-17-9-5-6-12-19(17)16-21-14-8-7-13-20(21)15-18-10-3-2-4-11-18/h2-14,16H,15H2,1H3. The van der Waals surface area contributed by atoms with Gasteiger partial charge in [-0.3, -0.25) is 0 Å². The number of hydrogen-bond donors (Lipinski definition) is 0. The number of benzene rings is 3. The van der Waals surface area contributed by atoms with Crippen LogP contribution in [0.1, 0.15) is 27.8 Å². The molecule has 0 saturated carbocycles. The molecule has 0 bridgehead atoms. The molecule has 0 amide bonds. The van der Waals surface area contributed by atoms with Gasteiger partial charge < -0.3 is 0 Å². The summed E-state index contributed by atoms with van der Waals surface area (Å²) in [6.07, 6.45) is 3.26. The highest BCUT2D eigenvalue weighted by Crippen LogP contribution is 2.21. The van der Waals surface area contributed by atoms with Gasteiger partial charge in [0.25, 0.3) is 0 Å². The molecule has 3 aromatic carbocycles. The van der Waals surface area contributed by atoms with Crippen LogP contribution in [-0.2, 0) is 6.42 Å². The van der Waals surface area contributed by atoms with Crippen LogP contribution in [0.15, 0.2) is 78.9 Å². The van der Waals surface area contributed by atoms with E-state index in [0.717, 1.165) is 6.42 Å². The van der Waals surface area contributed by atoms with Crippen molar-refractivity contribution in [2.24, 2.45) is 0 Å². The number of rotatable bonds is 4. The lowest BCUT2D eigenvalue weighted by Gasteiger charge is -2.11. The van der Waals surface area contributed by atoms with Crippen LogP contribution in [0.5, 0.6) is 0 Å². The summed E-state index contributed by atoms with van der Waals surface area (Å²) < 4.78 is 0. The van der Waals surface area contributed by atoms with Crippen molar-refractivity contribution in [2.75, 3.05) is 0 Å². The first kappa shape index (κ1) is 13.6. The zero-order valence-electron chi connectivity index (χ0n) is 12.3. The lowest BCUT2D eigenvalue weighted by molar-refractivity contribution is 1.16. The van der Waals surface area contributed by atoms with E-state index in [4.69, 9.17) is 0 Å². The van der Waals surface area contributed by atoms with Crippen LogP contribution >= 0.6 is 0 Å². The van der Waals surface area contributed by atoms with Gasteiger partial charge in [-0.15, -0.1) is 0 Å². The fraction of sp³-hybridized carbons (Fsp3) is 0.0952. The Morgan fingerprint density at radius 1 is 0.667 bits per heavy atom. The summed E-state index contributed by atoms with van der Waals surface area (Å²) in [5, 5.41) is 0. The summed E-state index contributed by atoms with van der Waals surface area (Å²) in [4.78, 5) is 0. The van der Waals surface area contributed by atoms with Crippen LogP contribution in [0.4, 0.5) is 0 Å². The molecule has 3 rings (SSSR count). The normalized spacial score (nSPS) is 10.5. The highest BCUT2D eigenvalue weighted by atomic mass is 14.1. The third kappa shape index (κ3) is 3.41. The Balaban J connectivity index is 1.88. The zero-order valence-corrected chi connectivity index (χ0v) is 12.3. The van der Waals surface area contributed by atoms with E-state index in [9.17, 15) is 0 Å². The van der Waals surface area contributed by atoms with Crippen LogP contribution < -0.4 is 0 Å². The topological polar surface area (TPSA) is 0 Å². The van der Waals surface area contributed by atoms with Crippen molar-refractivity contribution < 1.29 is 0 Å². The monoisotopic (exact) mass is 271 g/mol. The van der Waals surface area contributed by atoms with E-state index < -0.39 is 0 Å². The summed E-state index contributed by atoms with van der Waals surface area (Å²) in [7, 11) is 0. The van der Waals surface area contributed by atoms with Crippen molar-refractivity contribution >= 4 is 0 Å². The molecule has 0 heterocycles. The van der Waals surface area contributed by atoms with E-state index >= 15 is 0 Å². The first-order chi connectivity index (χ1) is 10.3. The van der Waals surface area contributed by atoms with E-state index in [-0.39, 0.29) is 0 Å². The number of hydrogen-bond acceptors (Lipinski definition) is 0. The van der Waals surface area contributed by atoms with E-state index in [1.807, 2.05) is 0 Å². The van der Waals surface area contributed by atoms with Crippen LogP contribution in [0.3, 0.4) is 0 Å².